The highest BCUT2D eigenvalue weighted by atomic mass is 15.1. The molecule has 0 aliphatic heterocycles. The number of anilines is 1. The molecule has 0 fully saturated rings. The quantitative estimate of drug-likeness (QED) is 0.871. The van der Waals surface area contributed by atoms with Crippen LogP contribution >= 0.6 is 0 Å². The third kappa shape index (κ3) is 3.97. The van der Waals surface area contributed by atoms with Gasteiger partial charge in [0.1, 0.15) is 5.82 Å². The van der Waals surface area contributed by atoms with Crippen LogP contribution in [-0.4, -0.2) is 35.0 Å². The molecule has 17 heavy (non-hydrogen) atoms. The van der Waals surface area contributed by atoms with Crippen molar-refractivity contribution in [3.63, 3.8) is 0 Å². The highest BCUT2D eigenvalue weighted by molar-refractivity contribution is 5.29. The zero-order valence-electron chi connectivity index (χ0n) is 11.8. The molecule has 1 aromatic heterocycles. The molecule has 0 bridgehead atoms. The molecule has 1 rings (SSSR count). The zero-order valence-corrected chi connectivity index (χ0v) is 11.8. The number of rotatable bonds is 4. The Labute approximate surface area is 104 Å². The number of nitrogens with zero attached hydrogens (tertiary/aromatic N) is 3. The van der Waals surface area contributed by atoms with Crippen LogP contribution < -0.4 is 5.32 Å². The summed E-state index contributed by atoms with van der Waals surface area (Å²) in [7, 11) is 3.97. The van der Waals surface area contributed by atoms with Crippen molar-refractivity contribution in [3.8, 4) is 0 Å². The van der Waals surface area contributed by atoms with Gasteiger partial charge in [0.25, 0.3) is 0 Å². The number of aromatic nitrogens is 2. The van der Waals surface area contributed by atoms with Crippen LogP contribution in [0, 0.1) is 5.41 Å². The summed E-state index contributed by atoms with van der Waals surface area (Å²) in [6.07, 6.45) is 3.60. The fourth-order valence-electron chi connectivity index (χ4n) is 1.62. The van der Waals surface area contributed by atoms with Gasteiger partial charge in [-0.2, -0.15) is 0 Å². The Morgan fingerprint density at radius 1 is 1.29 bits per heavy atom. The Bertz CT molecular complexity index is 339. The molecule has 0 aromatic carbocycles. The van der Waals surface area contributed by atoms with E-state index < -0.39 is 0 Å². The minimum Gasteiger partial charge on any atom is -0.372 e. The van der Waals surface area contributed by atoms with E-state index in [4.69, 9.17) is 0 Å². The van der Waals surface area contributed by atoms with Crippen LogP contribution in [0.1, 0.15) is 33.4 Å². The molecular formula is C13H24N4. The maximum absolute atomic E-state index is 4.39. The monoisotopic (exact) mass is 236 g/mol. The summed E-state index contributed by atoms with van der Waals surface area (Å²) in [5, 5.41) is 2.97. The molecule has 96 valence electrons. The van der Waals surface area contributed by atoms with Gasteiger partial charge in [0.2, 0.25) is 0 Å². The van der Waals surface area contributed by atoms with Gasteiger partial charge >= 0.3 is 0 Å². The van der Waals surface area contributed by atoms with Crippen molar-refractivity contribution < 1.29 is 0 Å². The lowest BCUT2D eigenvalue weighted by Crippen LogP contribution is -2.39. The lowest BCUT2D eigenvalue weighted by Gasteiger charge is -2.35. The largest absolute Gasteiger partial charge is 0.372 e. The van der Waals surface area contributed by atoms with E-state index in [0.717, 1.165) is 18.1 Å². The number of hydrogen-bond donors (Lipinski definition) is 1. The summed E-state index contributed by atoms with van der Waals surface area (Å²) in [5.74, 6) is 0.806. The van der Waals surface area contributed by atoms with Gasteiger partial charge in [-0.15, -0.1) is 0 Å². The van der Waals surface area contributed by atoms with Crippen LogP contribution in [0.3, 0.4) is 0 Å². The smallest absolute Gasteiger partial charge is 0.144 e. The Morgan fingerprint density at radius 2 is 1.94 bits per heavy atom. The molecule has 0 amide bonds. The first-order valence-electron chi connectivity index (χ1n) is 6.03. The molecule has 1 heterocycles. The van der Waals surface area contributed by atoms with Crippen LogP contribution in [0.15, 0.2) is 12.4 Å². The predicted molar refractivity (Wildman–Crippen MR) is 72.0 cm³/mol. The molecule has 0 saturated carbocycles. The van der Waals surface area contributed by atoms with Crippen LogP contribution in [-0.2, 0) is 6.54 Å². The van der Waals surface area contributed by atoms with E-state index in [-0.39, 0.29) is 5.41 Å². The molecule has 1 aromatic rings. The highest BCUT2D eigenvalue weighted by Crippen LogP contribution is 2.23. The van der Waals surface area contributed by atoms with E-state index >= 15 is 0 Å². The first-order valence-corrected chi connectivity index (χ1v) is 6.03. The van der Waals surface area contributed by atoms with E-state index in [0.29, 0.717) is 6.04 Å². The number of hydrogen-bond acceptors (Lipinski definition) is 4. The van der Waals surface area contributed by atoms with E-state index in [1.807, 2.05) is 13.2 Å². The molecule has 0 spiro atoms. The molecule has 0 aliphatic rings. The molecule has 4 heteroatoms. The lowest BCUT2D eigenvalue weighted by atomic mass is 9.87. The van der Waals surface area contributed by atoms with Gasteiger partial charge in [-0.1, -0.05) is 20.8 Å². The van der Waals surface area contributed by atoms with Crippen molar-refractivity contribution in [2.75, 3.05) is 19.4 Å². The third-order valence-corrected chi connectivity index (χ3v) is 3.29. The number of nitrogens with one attached hydrogen (secondary N) is 1. The van der Waals surface area contributed by atoms with Gasteiger partial charge in [0.05, 0.1) is 18.1 Å². The summed E-state index contributed by atoms with van der Waals surface area (Å²) in [6.45, 7) is 9.84. The average molecular weight is 236 g/mol. The van der Waals surface area contributed by atoms with Crippen molar-refractivity contribution in [2.24, 2.45) is 5.41 Å². The van der Waals surface area contributed by atoms with Gasteiger partial charge < -0.3 is 5.32 Å². The van der Waals surface area contributed by atoms with E-state index in [1.165, 1.54) is 0 Å². The standard InChI is InChI=1S/C13H24N4/c1-10(13(2,3)4)17(6)9-11-7-16-12(14-5)8-15-11/h7-8,10H,9H2,1-6H3,(H,14,16). The van der Waals surface area contributed by atoms with Crippen molar-refractivity contribution >= 4 is 5.82 Å². The van der Waals surface area contributed by atoms with Gasteiger partial charge in [-0.3, -0.25) is 9.88 Å². The summed E-state index contributed by atoms with van der Waals surface area (Å²) < 4.78 is 0. The Morgan fingerprint density at radius 3 is 2.35 bits per heavy atom. The minimum absolute atomic E-state index is 0.271. The van der Waals surface area contributed by atoms with E-state index in [1.54, 1.807) is 6.20 Å². The Kier molecular flexibility index (Phi) is 4.46. The van der Waals surface area contributed by atoms with Crippen molar-refractivity contribution in [3.05, 3.63) is 18.1 Å². The van der Waals surface area contributed by atoms with Crippen LogP contribution in [0.4, 0.5) is 5.82 Å². The second-order valence-electron chi connectivity index (χ2n) is 5.60. The Balaban J connectivity index is 2.64. The summed E-state index contributed by atoms with van der Waals surface area (Å²) in [4.78, 5) is 11.0. The maximum Gasteiger partial charge on any atom is 0.144 e. The zero-order chi connectivity index (χ0) is 13.1. The van der Waals surface area contributed by atoms with Crippen LogP contribution in [0.5, 0.6) is 0 Å². The molecule has 1 unspecified atom stereocenters. The molecule has 1 atom stereocenters. The summed E-state index contributed by atoms with van der Waals surface area (Å²) in [5.41, 5.74) is 1.27. The van der Waals surface area contributed by atoms with Gasteiger partial charge in [-0.05, 0) is 19.4 Å². The normalized spacial score (nSPS) is 13.8. The van der Waals surface area contributed by atoms with Crippen molar-refractivity contribution in [1.29, 1.82) is 0 Å². The first kappa shape index (κ1) is 13.9. The average Bonchev–Trinajstić information content (AvgIpc) is 2.27. The molecule has 0 aliphatic carbocycles. The third-order valence-electron chi connectivity index (χ3n) is 3.29. The predicted octanol–water partition coefficient (Wildman–Crippen LogP) is 2.38. The molecule has 4 nitrogen and oxygen atoms in total. The van der Waals surface area contributed by atoms with Crippen LogP contribution in [0.2, 0.25) is 0 Å². The fourth-order valence-corrected chi connectivity index (χ4v) is 1.62. The Hall–Kier alpha value is -1.16. The summed E-state index contributed by atoms with van der Waals surface area (Å²) in [6, 6.07) is 0.494. The maximum atomic E-state index is 4.39. The minimum atomic E-state index is 0.271. The second kappa shape index (κ2) is 5.45. The fraction of sp³-hybridized carbons (Fsp3) is 0.692. The lowest BCUT2D eigenvalue weighted by molar-refractivity contribution is 0.133. The molecule has 0 saturated heterocycles. The highest BCUT2D eigenvalue weighted by Gasteiger charge is 2.23. The summed E-state index contributed by atoms with van der Waals surface area (Å²) >= 11 is 0. The topological polar surface area (TPSA) is 41.1 Å². The SMILES string of the molecule is CNc1cnc(CN(C)C(C)C(C)(C)C)cn1. The van der Waals surface area contributed by atoms with Gasteiger partial charge in [0, 0.05) is 19.6 Å². The molecule has 1 N–H and O–H groups in total. The first-order chi connectivity index (χ1) is 7.84. The van der Waals surface area contributed by atoms with Crippen molar-refractivity contribution in [1.82, 2.24) is 14.9 Å². The van der Waals surface area contributed by atoms with E-state index in [2.05, 4.69) is 54.9 Å². The van der Waals surface area contributed by atoms with Gasteiger partial charge in [0.15, 0.2) is 0 Å². The van der Waals surface area contributed by atoms with Crippen LogP contribution in [0.25, 0.3) is 0 Å². The molecular weight excluding hydrogens is 212 g/mol. The van der Waals surface area contributed by atoms with Gasteiger partial charge in [-0.25, -0.2) is 4.98 Å². The molecule has 0 radical (unpaired) electrons. The second-order valence-corrected chi connectivity index (χ2v) is 5.60. The van der Waals surface area contributed by atoms with Crippen molar-refractivity contribution in [2.45, 2.75) is 40.3 Å². The van der Waals surface area contributed by atoms with E-state index in [9.17, 15) is 0 Å².